The Morgan fingerprint density at radius 2 is 1.67 bits per heavy atom. The number of hydrogen-bond donors (Lipinski definition) is 1. The smallest absolute Gasteiger partial charge is 0.180 e. The molecule has 0 aliphatic rings. The fourth-order valence-corrected chi connectivity index (χ4v) is 5.40. The van der Waals surface area contributed by atoms with Crippen molar-refractivity contribution in [2.45, 2.75) is 24.7 Å². The van der Waals surface area contributed by atoms with Crippen LogP contribution in [0.2, 0.25) is 0 Å². The highest BCUT2D eigenvalue weighted by molar-refractivity contribution is 7.91. The summed E-state index contributed by atoms with van der Waals surface area (Å²) in [6.07, 6.45) is 1.56. The number of aromatic nitrogens is 2. The van der Waals surface area contributed by atoms with Crippen molar-refractivity contribution in [3.63, 3.8) is 0 Å². The van der Waals surface area contributed by atoms with Crippen LogP contribution in [0.1, 0.15) is 23.2 Å². The maximum atomic E-state index is 12.6. The minimum absolute atomic E-state index is 0.00129. The van der Waals surface area contributed by atoms with E-state index in [0.29, 0.717) is 17.1 Å². The molecule has 7 heteroatoms. The number of nitrogens with one attached hydrogen (secondary N) is 1. The van der Waals surface area contributed by atoms with Gasteiger partial charge >= 0.3 is 0 Å². The van der Waals surface area contributed by atoms with Crippen LogP contribution in [-0.2, 0) is 22.7 Å². The summed E-state index contributed by atoms with van der Waals surface area (Å²) in [6, 6.07) is 20.7. The first kappa shape index (κ1) is 20.5. The van der Waals surface area contributed by atoms with Crippen LogP contribution >= 0.6 is 11.3 Å². The molecular formula is C23H23N3O2S2. The number of rotatable bonds is 8. The van der Waals surface area contributed by atoms with E-state index >= 15 is 0 Å². The van der Waals surface area contributed by atoms with E-state index in [9.17, 15) is 8.42 Å². The Bertz CT molecular complexity index is 1240. The monoisotopic (exact) mass is 437 g/mol. The molecule has 1 N–H and O–H groups in total. The lowest BCUT2D eigenvalue weighted by molar-refractivity contribution is 0.596. The summed E-state index contributed by atoms with van der Waals surface area (Å²) in [5.41, 5.74) is 1.14. The fraction of sp³-hybridized carbons (Fsp3) is 0.217. The van der Waals surface area contributed by atoms with Crippen LogP contribution in [0.15, 0.2) is 71.6 Å². The van der Waals surface area contributed by atoms with Gasteiger partial charge in [-0.15, -0.1) is 11.3 Å². The van der Waals surface area contributed by atoms with E-state index in [1.807, 2.05) is 24.3 Å². The van der Waals surface area contributed by atoms with E-state index in [-0.39, 0.29) is 12.3 Å². The maximum Gasteiger partial charge on any atom is 0.180 e. The fourth-order valence-electron chi connectivity index (χ4n) is 3.23. The quantitative estimate of drug-likeness (QED) is 0.431. The van der Waals surface area contributed by atoms with E-state index in [2.05, 4.69) is 30.4 Å². The minimum Gasteiger partial charge on any atom is -0.368 e. The number of aryl methyl sites for hydroxylation is 1. The molecule has 0 atom stereocenters. The van der Waals surface area contributed by atoms with Gasteiger partial charge < -0.3 is 5.32 Å². The number of sulfone groups is 1. The van der Waals surface area contributed by atoms with Gasteiger partial charge in [0.05, 0.1) is 16.0 Å². The third kappa shape index (κ3) is 4.68. The molecule has 0 bridgehead atoms. The van der Waals surface area contributed by atoms with Crippen molar-refractivity contribution in [1.29, 1.82) is 0 Å². The molecule has 4 rings (SSSR count). The molecule has 0 saturated heterocycles. The third-order valence-electron chi connectivity index (χ3n) is 4.81. The van der Waals surface area contributed by atoms with Gasteiger partial charge in [-0.3, -0.25) is 0 Å². The van der Waals surface area contributed by atoms with Crippen LogP contribution in [0.5, 0.6) is 0 Å². The second-order valence-electron chi connectivity index (χ2n) is 6.99. The minimum atomic E-state index is -3.35. The van der Waals surface area contributed by atoms with Crippen LogP contribution in [0, 0.1) is 0 Å². The third-order valence-corrected chi connectivity index (χ3v) is 7.71. The van der Waals surface area contributed by atoms with Crippen LogP contribution < -0.4 is 5.32 Å². The Labute approximate surface area is 180 Å². The van der Waals surface area contributed by atoms with Gasteiger partial charge in [-0.1, -0.05) is 55.5 Å². The predicted molar refractivity (Wildman–Crippen MR) is 123 cm³/mol. The Hall–Kier alpha value is -2.77. The molecular weight excluding hydrogens is 414 g/mol. The van der Waals surface area contributed by atoms with Crippen molar-refractivity contribution in [3.05, 3.63) is 83.0 Å². The molecule has 154 valence electrons. The van der Waals surface area contributed by atoms with Gasteiger partial charge in [0.25, 0.3) is 0 Å². The largest absolute Gasteiger partial charge is 0.368 e. The summed E-state index contributed by atoms with van der Waals surface area (Å²) >= 11 is 1.66. The number of hydrogen-bond acceptors (Lipinski definition) is 6. The topological polar surface area (TPSA) is 72.0 Å². The summed E-state index contributed by atoms with van der Waals surface area (Å²) in [5, 5.41) is 4.20. The van der Waals surface area contributed by atoms with E-state index in [1.54, 1.807) is 35.6 Å². The van der Waals surface area contributed by atoms with E-state index in [1.165, 1.54) is 4.88 Å². The molecule has 2 aromatic heterocycles. The Morgan fingerprint density at radius 1 is 0.967 bits per heavy atom. The van der Waals surface area contributed by atoms with Gasteiger partial charge in [0, 0.05) is 17.8 Å². The molecule has 2 aromatic carbocycles. The summed E-state index contributed by atoms with van der Waals surface area (Å²) < 4.78 is 25.1. The normalized spacial score (nSPS) is 11.6. The van der Waals surface area contributed by atoms with Crippen molar-refractivity contribution in [2.75, 3.05) is 17.6 Å². The SMILES string of the molecule is CCc1cc2c(NCCS(=O)(=O)c3ccccc3)nc(Cc3ccccc3)nc2s1. The number of fused-ring (bicyclic) bond motifs is 1. The molecule has 30 heavy (non-hydrogen) atoms. The van der Waals surface area contributed by atoms with Gasteiger partial charge in [-0.2, -0.15) is 0 Å². The van der Waals surface area contributed by atoms with Crippen molar-refractivity contribution < 1.29 is 8.42 Å². The number of thiophene rings is 1. The molecule has 0 aliphatic carbocycles. The predicted octanol–water partition coefficient (Wildman–Crippen LogP) is 4.73. The standard InChI is InChI=1S/C23H23N3O2S2/c1-2-18-16-20-22(24-13-14-30(27,28)19-11-7-4-8-12-19)25-21(26-23(20)29-18)15-17-9-5-3-6-10-17/h3-12,16H,2,13-15H2,1H3,(H,24,25,26). The first-order valence-corrected chi connectivity index (χ1v) is 12.4. The van der Waals surface area contributed by atoms with Gasteiger partial charge in [0.15, 0.2) is 9.84 Å². The maximum absolute atomic E-state index is 12.6. The highest BCUT2D eigenvalue weighted by Crippen LogP contribution is 2.30. The zero-order valence-electron chi connectivity index (χ0n) is 16.7. The summed E-state index contributed by atoms with van der Waals surface area (Å²) in [4.78, 5) is 12.0. The van der Waals surface area contributed by atoms with E-state index in [4.69, 9.17) is 9.97 Å². The van der Waals surface area contributed by atoms with Gasteiger partial charge in [0.1, 0.15) is 16.5 Å². The van der Waals surface area contributed by atoms with Crippen LogP contribution in [0.25, 0.3) is 10.2 Å². The molecule has 0 radical (unpaired) electrons. The molecule has 0 fully saturated rings. The lowest BCUT2D eigenvalue weighted by Gasteiger charge is -2.10. The average Bonchev–Trinajstić information content (AvgIpc) is 3.18. The lowest BCUT2D eigenvalue weighted by atomic mass is 10.1. The molecule has 0 amide bonds. The van der Waals surface area contributed by atoms with E-state index < -0.39 is 9.84 Å². The van der Waals surface area contributed by atoms with Gasteiger partial charge in [-0.05, 0) is 30.2 Å². The van der Waals surface area contributed by atoms with Crippen molar-refractivity contribution in [1.82, 2.24) is 9.97 Å². The molecule has 2 heterocycles. The summed E-state index contributed by atoms with van der Waals surface area (Å²) in [7, 11) is -3.35. The number of nitrogens with zero attached hydrogens (tertiary/aromatic N) is 2. The molecule has 0 unspecified atom stereocenters. The molecule has 5 nitrogen and oxygen atoms in total. The molecule has 4 aromatic rings. The average molecular weight is 438 g/mol. The first-order chi connectivity index (χ1) is 14.5. The zero-order valence-corrected chi connectivity index (χ0v) is 18.3. The number of benzene rings is 2. The lowest BCUT2D eigenvalue weighted by Crippen LogP contribution is -2.17. The second kappa shape index (κ2) is 8.93. The summed E-state index contributed by atoms with van der Waals surface area (Å²) in [6.45, 7) is 2.40. The van der Waals surface area contributed by atoms with Crippen LogP contribution in [0.3, 0.4) is 0 Å². The summed E-state index contributed by atoms with van der Waals surface area (Å²) in [5.74, 6) is 1.43. The van der Waals surface area contributed by atoms with Gasteiger partial charge in [0.2, 0.25) is 0 Å². The second-order valence-corrected chi connectivity index (χ2v) is 10.2. The number of anilines is 1. The molecule has 0 spiro atoms. The van der Waals surface area contributed by atoms with E-state index in [0.717, 1.165) is 28.0 Å². The van der Waals surface area contributed by atoms with Crippen molar-refractivity contribution in [3.8, 4) is 0 Å². The highest BCUT2D eigenvalue weighted by atomic mass is 32.2. The molecule has 0 saturated carbocycles. The molecule has 0 aliphatic heterocycles. The van der Waals surface area contributed by atoms with Gasteiger partial charge in [-0.25, -0.2) is 18.4 Å². The van der Waals surface area contributed by atoms with Crippen molar-refractivity contribution in [2.24, 2.45) is 0 Å². The first-order valence-electron chi connectivity index (χ1n) is 9.90. The van der Waals surface area contributed by atoms with Crippen LogP contribution in [-0.4, -0.2) is 30.7 Å². The Morgan fingerprint density at radius 3 is 2.37 bits per heavy atom. The van der Waals surface area contributed by atoms with Crippen LogP contribution in [0.4, 0.5) is 5.82 Å². The highest BCUT2D eigenvalue weighted by Gasteiger charge is 2.16. The zero-order chi connectivity index (χ0) is 21.0. The Kier molecular flexibility index (Phi) is 6.11. The van der Waals surface area contributed by atoms with Crippen molar-refractivity contribution >= 4 is 37.2 Å². The Balaban J connectivity index is 1.58.